The minimum absolute atomic E-state index is 0.0806. The van der Waals surface area contributed by atoms with Crippen molar-refractivity contribution in [1.29, 1.82) is 0 Å². The third-order valence-electron chi connectivity index (χ3n) is 4.79. The van der Waals surface area contributed by atoms with Gasteiger partial charge in [-0.3, -0.25) is 10.1 Å². The Bertz CT molecular complexity index is 992. The molecule has 29 heavy (non-hydrogen) atoms. The van der Waals surface area contributed by atoms with Gasteiger partial charge in [0.2, 0.25) is 11.6 Å². The van der Waals surface area contributed by atoms with Crippen molar-refractivity contribution in [3.63, 3.8) is 0 Å². The van der Waals surface area contributed by atoms with Crippen LogP contribution in [0.5, 0.6) is 0 Å². The number of hydrogen-bond acceptors (Lipinski definition) is 7. The molecule has 4 rings (SSSR count). The van der Waals surface area contributed by atoms with E-state index in [0.717, 1.165) is 18.8 Å². The second kappa shape index (κ2) is 8.09. The summed E-state index contributed by atoms with van der Waals surface area (Å²) in [5, 5.41) is 14.7. The van der Waals surface area contributed by atoms with Gasteiger partial charge >= 0.3 is 5.69 Å². The van der Waals surface area contributed by atoms with E-state index in [0.29, 0.717) is 18.8 Å². The van der Waals surface area contributed by atoms with Crippen LogP contribution in [-0.2, 0) is 0 Å². The summed E-state index contributed by atoms with van der Waals surface area (Å²) in [6.45, 7) is 2.66. The first-order chi connectivity index (χ1) is 14.1. The number of aromatic nitrogens is 2. The first-order valence-corrected chi connectivity index (χ1v) is 9.19. The number of benzene rings is 2. The van der Waals surface area contributed by atoms with Crippen LogP contribution in [0.4, 0.5) is 33.1 Å². The van der Waals surface area contributed by atoms with E-state index >= 15 is 0 Å². The standard InChI is InChI=1S/C20H19FN6O2/c21-15-6-8-16(9-7-15)24-19-18(27(28)29)20(23-14-22-19)26-12-10-25(11-13-26)17-4-2-1-3-5-17/h1-9,14H,10-13H2,(H,22,23,24). The molecule has 0 spiro atoms. The molecule has 0 aliphatic carbocycles. The van der Waals surface area contributed by atoms with Gasteiger partial charge in [0.25, 0.3) is 0 Å². The normalized spacial score (nSPS) is 14.0. The smallest absolute Gasteiger partial charge is 0.353 e. The van der Waals surface area contributed by atoms with Gasteiger partial charge in [-0.25, -0.2) is 14.4 Å². The van der Waals surface area contributed by atoms with E-state index in [2.05, 4.69) is 20.2 Å². The average Bonchev–Trinajstić information content (AvgIpc) is 2.76. The molecule has 1 fully saturated rings. The SMILES string of the molecule is O=[N+]([O-])c1c(Nc2ccc(F)cc2)ncnc1N1CCN(c2ccccc2)CC1. The van der Waals surface area contributed by atoms with Gasteiger partial charge in [-0.15, -0.1) is 0 Å². The molecule has 2 aromatic carbocycles. The van der Waals surface area contributed by atoms with Crippen molar-refractivity contribution in [3.05, 3.63) is 76.9 Å². The highest BCUT2D eigenvalue weighted by Gasteiger charge is 2.29. The second-order valence-electron chi connectivity index (χ2n) is 6.59. The molecule has 1 N–H and O–H groups in total. The van der Waals surface area contributed by atoms with Crippen LogP contribution < -0.4 is 15.1 Å². The molecule has 0 unspecified atom stereocenters. The fourth-order valence-electron chi connectivity index (χ4n) is 3.35. The molecule has 9 heteroatoms. The van der Waals surface area contributed by atoms with Crippen molar-refractivity contribution < 1.29 is 9.31 Å². The number of rotatable bonds is 5. The molecule has 0 bridgehead atoms. The Labute approximate surface area is 166 Å². The van der Waals surface area contributed by atoms with E-state index in [9.17, 15) is 14.5 Å². The number of anilines is 4. The monoisotopic (exact) mass is 394 g/mol. The molecule has 1 aliphatic rings. The minimum atomic E-state index is -0.481. The van der Waals surface area contributed by atoms with E-state index in [1.807, 2.05) is 35.2 Å². The molecule has 1 aromatic heterocycles. The van der Waals surface area contributed by atoms with Crippen LogP contribution in [0, 0.1) is 15.9 Å². The number of nitro groups is 1. The maximum Gasteiger partial charge on any atom is 0.353 e. The molecule has 0 amide bonds. The van der Waals surface area contributed by atoms with Crippen LogP contribution in [0.1, 0.15) is 0 Å². The van der Waals surface area contributed by atoms with Crippen molar-refractivity contribution in [2.75, 3.05) is 41.3 Å². The zero-order valence-corrected chi connectivity index (χ0v) is 15.5. The molecule has 3 aromatic rings. The fourth-order valence-corrected chi connectivity index (χ4v) is 3.35. The number of halogens is 1. The van der Waals surface area contributed by atoms with Crippen molar-refractivity contribution >= 4 is 28.7 Å². The van der Waals surface area contributed by atoms with Gasteiger partial charge in [0.05, 0.1) is 4.92 Å². The summed E-state index contributed by atoms with van der Waals surface area (Å²) in [5.41, 5.74) is 1.45. The third kappa shape index (κ3) is 4.08. The molecule has 2 heterocycles. The van der Waals surface area contributed by atoms with Gasteiger partial charge in [-0.2, -0.15) is 0 Å². The number of nitrogens with zero attached hydrogens (tertiary/aromatic N) is 5. The largest absolute Gasteiger partial charge is 0.368 e. The molecule has 1 saturated heterocycles. The van der Waals surface area contributed by atoms with E-state index in [1.54, 1.807) is 0 Å². The maximum atomic E-state index is 13.1. The average molecular weight is 394 g/mol. The fraction of sp³-hybridized carbons (Fsp3) is 0.200. The number of nitrogens with one attached hydrogen (secondary N) is 1. The molecular weight excluding hydrogens is 375 g/mol. The van der Waals surface area contributed by atoms with Crippen molar-refractivity contribution in [2.45, 2.75) is 0 Å². The Hall–Kier alpha value is -3.75. The van der Waals surface area contributed by atoms with Crippen LogP contribution in [-0.4, -0.2) is 41.1 Å². The van der Waals surface area contributed by atoms with E-state index in [4.69, 9.17) is 0 Å². The lowest BCUT2D eigenvalue weighted by molar-refractivity contribution is -0.383. The Balaban J connectivity index is 1.56. The van der Waals surface area contributed by atoms with Crippen LogP contribution in [0.3, 0.4) is 0 Å². The lowest BCUT2D eigenvalue weighted by atomic mass is 10.2. The van der Waals surface area contributed by atoms with Crippen LogP contribution >= 0.6 is 0 Å². The quantitative estimate of drug-likeness (QED) is 0.523. The first kappa shape index (κ1) is 18.6. The Morgan fingerprint density at radius 2 is 1.59 bits per heavy atom. The predicted molar refractivity (Wildman–Crippen MR) is 109 cm³/mol. The minimum Gasteiger partial charge on any atom is -0.368 e. The van der Waals surface area contributed by atoms with E-state index < -0.39 is 4.92 Å². The molecule has 1 aliphatic heterocycles. The summed E-state index contributed by atoms with van der Waals surface area (Å²) in [6, 6.07) is 15.6. The van der Waals surface area contributed by atoms with Gasteiger partial charge in [-0.1, -0.05) is 18.2 Å². The van der Waals surface area contributed by atoms with Crippen molar-refractivity contribution in [1.82, 2.24) is 9.97 Å². The summed E-state index contributed by atoms with van der Waals surface area (Å²) >= 11 is 0. The van der Waals surface area contributed by atoms with Gasteiger partial charge in [-0.05, 0) is 36.4 Å². The van der Waals surface area contributed by atoms with Gasteiger partial charge in [0.15, 0.2) is 0 Å². The highest BCUT2D eigenvalue weighted by atomic mass is 19.1. The zero-order chi connectivity index (χ0) is 20.2. The van der Waals surface area contributed by atoms with Gasteiger partial charge < -0.3 is 15.1 Å². The van der Waals surface area contributed by atoms with Crippen LogP contribution in [0.2, 0.25) is 0 Å². The maximum absolute atomic E-state index is 13.1. The lowest BCUT2D eigenvalue weighted by Crippen LogP contribution is -2.47. The predicted octanol–water partition coefficient (Wildman–Crippen LogP) is 3.59. The third-order valence-corrected chi connectivity index (χ3v) is 4.79. The Morgan fingerprint density at radius 3 is 2.24 bits per heavy atom. The highest BCUT2D eigenvalue weighted by molar-refractivity contribution is 5.74. The number of hydrogen-bond donors (Lipinski definition) is 1. The van der Waals surface area contributed by atoms with Crippen LogP contribution in [0.15, 0.2) is 60.9 Å². The lowest BCUT2D eigenvalue weighted by Gasteiger charge is -2.36. The Morgan fingerprint density at radius 1 is 0.931 bits per heavy atom. The summed E-state index contributed by atoms with van der Waals surface area (Å²) in [7, 11) is 0. The van der Waals surface area contributed by atoms with Crippen LogP contribution in [0.25, 0.3) is 0 Å². The van der Waals surface area contributed by atoms with E-state index in [1.165, 1.54) is 30.6 Å². The molecular formula is C20H19FN6O2. The molecule has 0 atom stereocenters. The molecule has 0 saturated carbocycles. The second-order valence-corrected chi connectivity index (χ2v) is 6.59. The molecule has 0 radical (unpaired) electrons. The topological polar surface area (TPSA) is 87.4 Å². The van der Waals surface area contributed by atoms with E-state index in [-0.39, 0.29) is 23.1 Å². The Kier molecular flexibility index (Phi) is 5.19. The van der Waals surface area contributed by atoms with Crippen molar-refractivity contribution in [2.24, 2.45) is 0 Å². The molecule has 8 nitrogen and oxygen atoms in total. The highest BCUT2D eigenvalue weighted by Crippen LogP contribution is 2.34. The summed E-state index contributed by atoms with van der Waals surface area (Å²) in [4.78, 5) is 23.7. The van der Waals surface area contributed by atoms with Gasteiger partial charge in [0, 0.05) is 37.6 Å². The summed E-state index contributed by atoms with van der Waals surface area (Å²) < 4.78 is 13.1. The summed E-state index contributed by atoms with van der Waals surface area (Å²) in [6.07, 6.45) is 1.30. The molecule has 148 valence electrons. The summed E-state index contributed by atoms with van der Waals surface area (Å²) in [5.74, 6) is -0.0240. The number of para-hydroxylation sites is 1. The van der Waals surface area contributed by atoms with Crippen molar-refractivity contribution in [3.8, 4) is 0 Å². The zero-order valence-electron chi connectivity index (χ0n) is 15.5. The number of piperazine rings is 1. The van der Waals surface area contributed by atoms with Gasteiger partial charge in [0.1, 0.15) is 12.1 Å². The first-order valence-electron chi connectivity index (χ1n) is 9.19.